The molecule has 1 aliphatic heterocycles. The number of benzene rings is 2. The second-order valence-electron chi connectivity index (χ2n) is 7.44. The maximum absolute atomic E-state index is 13.2. The largest absolute Gasteiger partial charge is 0.348 e. The van der Waals surface area contributed by atoms with Gasteiger partial charge in [-0.05, 0) is 42.9 Å². The minimum Gasteiger partial charge on any atom is -0.348 e. The van der Waals surface area contributed by atoms with E-state index in [0.29, 0.717) is 6.42 Å². The normalized spacial score (nSPS) is 22.0. The van der Waals surface area contributed by atoms with Crippen LogP contribution in [0.2, 0.25) is 0 Å². The van der Waals surface area contributed by atoms with Crippen LogP contribution >= 0.6 is 0 Å². The summed E-state index contributed by atoms with van der Waals surface area (Å²) in [5.41, 5.74) is 1.84. The zero-order valence-electron chi connectivity index (χ0n) is 15.8. The lowest BCUT2D eigenvalue weighted by molar-refractivity contribution is -0.135. The van der Waals surface area contributed by atoms with Gasteiger partial charge in [-0.15, -0.1) is 0 Å². The summed E-state index contributed by atoms with van der Waals surface area (Å²) >= 11 is 0. The van der Waals surface area contributed by atoms with E-state index in [4.69, 9.17) is 0 Å². The first-order chi connectivity index (χ1) is 13.5. The number of nitrogens with one attached hydrogen (secondary N) is 2. The Bertz CT molecular complexity index is 928. The van der Waals surface area contributed by atoms with E-state index in [9.17, 15) is 14.4 Å². The fourth-order valence-corrected chi connectivity index (χ4v) is 4.21. The van der Waals surface area contributed by atoms with Crippen molar-refractivity contribution in [3.63, 3.8) is 0 Å². The molecule has 0 bridgehead atoms. The van der Waals surface area contributed by atoms with Crippen molar-refractivity contribution in [1.29, 1.82) is 0 Å². The summed E-state index contributed by atoms with van der Waals surface area (Å²) in [6, 6.07) is 16.5. The van der Waals surface area contributed by atoms with Gasteiger partial charge in [-0.3, -0.25) is 14.5 Å². The molecule has 6 nitrogen and oxygen atoms in total. The van der Waals surface area contributed by atoms with Gasteiger partial charge in [0.1, 0.15) is 12.1 Å². The molecule has 1 heterocycles. The minimum atomic E-state index is -1.04. The highest BCUT2D eigenvalue weighted by molar-refractivity contribution is 6.09. The molecule has 0 radical (unpaired) electrons. The van der Waals surface area contributed by atoms with E-state index in [-0.39, 0.29) is 24.4 Å². The van der Waals surface area contributed by atoms with Crippen LogP contribution in [0.3, 0.4) is 0 Å². The Morgan fingerprint density at radius 1 is 1.14 bits per heavy atom. The van der Waals surface area contributed by atoms with Gasteiger partial charge >= 0.3 is 6.03 Å². The number of amides is 4. The number of carbonyl (C=O) groups is 3. The summed E-state index contributed by atoms with van der Waals surface area (Å²) in [7, 11) is 0. The molecular weight excluding hydrogens is 354 g/mol. The zero-order chi connectivity index (χ0) is 19.7. The average molecular weight is 377 g/mol. The number of fused-ring (bicyclic) bond motifs is 2. The van der Waals surface area contributed by atoms with Gasteiger partial charge in [0.25, 0.3) is 5.91 Å². The van der Waals surface area contributed by atoms with Crippen LogP contribution in [-0.2, 0) is 21.5 Å². The van der Waals surface area contributed by atoms with Gasteiger partial charge in [-0.25, -0.2) is 4.79 Å². The number of rotatable bonds is 4. The van der Waals surface area contributed by atoms with Crippen LogP contribution in [-0.4, -0.2) is 29.3 Å². The van der Waals surface area contributed by atoms with Crippen LogP contribution in [0.15, 0.2) is 54.6 Å². The topological polar surface area (TPSA) is 78.5 Å². The maximum atomic E-state index is 13.2. The summed E-state index contributed by atoms with van der Waals surface area (Å²) < 4.78 is 0. The summed E-state index contributed by atoms with van der Waals surface area (Å²) in [6.45, 7) is 1.59. The van der Waals surface area contributed by atoms with E-state index >= 15 is 0 Å². The van der Waals surface area contributed by atoms with E-state index in [2.05, 4.69) is 10.6 Å². The lowest BCUT2D eigenvalue weighted by Crippen LogP contribution is -2.47. The van der Waals surface area contributed by atoms with Crippen LogP contribution in [0, 0.1) is 0 Å². The van der Waals surface area contributed by atoms with E-state index in [0.717, 1.165) is 34.4 Å². The third kappa shape index (κ3) is 3.05. The lowest BCUT2D eigenvalue weighted by Gasteiger charge is -2.33. The highest BCUT2D eigenvalue weighted by Gasteiger charge is 2.54. The third-order valence-corrected chi connectivity index (χ3v) is 5.63. The van der Waals surface area contributed by atoms with Crippen LogP contribution in [0.1, 0.15) is 42.5 Å². The molecular formula is C22H23N3O3. The third-order valence-electron chi connectivity index (χ3n) is 5.63. The molecule has 1 fully saturated rings. The molecule has 2 atom stereocenters. The van der Waals surface area contributed by atoms with Crippen molar-refractivity contribution in [1.82, 2.24) is 15.5 Å². The predicted octanol–water partition coefficient (Wildman–Crippen LogP) is 2.65. The minimum absolute atomic E-state index is 0.209. The van der Waals surface area contributed by atoms with Crippen LogP contribution in [0.4, 0.5) is 4.79 Å². The fraction of sp³-hybridized carbons (Fsp3) is 0.318. The number of aryl methyl sites for hydroxylation is 1. The fourth-order valence-electron chi connectivity index (χ4n) is 4.21. The number of hydrogen-bond donors (Lipinski definition) is 2. The summed E-state index contributed by atoms with van der Waals surface area (Å²) in [6.07, 6.45) is 2.25. The second kappa shape index (κ2) is 7.11. The van der Waals surface area contributed by atoms with Crippen LogP contribution in [0.5, 0.6) is 0 Å². The van der Waals surface area contributed by atoms with Gasteiger partial charge in [0.2, 0.25) is 5.91 Å². The maximum Gasteiger partial charge on any atom is 0.325 e. The summed E-state index contributed by atoms with van der Waals surface area (Å²) in [4.78, 5) is 39.3. The number of hydrogen-bond acceptors (Lipinski definition) is 3. The smallest absolute Gasteiger partial charge is 0.325 e. The molecule has 2 unspecified atom stereocenters. The van der Waals surface area contributed by atoms with E-state index in [1.54, 1.807) is 0 Å². The molecule has 1 aliphatic carbocycles. The van der Waals surface area contributed by atoms with Gasteiger partial charge in [0.05, 0.1) is 6.04 Å². The van der Waals surface area contributed by atoms with Crippen molar-refractivity contribution in [3.8, 4) is 0 Å². The van der Waals surface area contributed by atoms with Crippen molar-refractivity contribution >= 4 is 17.8 Å². The Kier molecular flexibility index (Phi) is 4.63. The standard InChI is InChI=1S/C22H23N3O3/c1-15(16-8-3-2-4-9-16)23-19(26)14-25-20(27)22(24-21(25)28)13-7-11-17-10-5-6-12-18(17)22/h2-6,8-10,12,15H,7,11,13-14H2,1H3,(H,23,26)(H,24,28). The van der Waals surface area contributed by atoms with E-state index < -0.39 is 11.6 Å². The van der Waals surface area contributed by atoms with E-state index in [1.807, 2.05) is 61.5 Å². The Morgan fingerprint density at radius 2 is 1.86 bits per heavy atom. The Labute approximate surface area is 163 Å². The van der Waals surface area contributed by atoms with Gasteiger partial charge in [0, 0.05) is 0 Å². The van der Waals surface area contributed by atoms with Crippen molar-refractivity contribution in [2.75, 3.05) is 6.54 Å². The molecule has 2 aromatic carbocycles. The Balaban J connectivity index is 1.50. The van der Waals surface area contributed by atoms with Crippen LogP contribution < -0.4 is 10.6 Å². The van der Waals surface area contributed by atoms with Crippen molar-refractivity contribution in [2.45, 2.75) is 37.8 Å². The highest BCUT2D eigenvalue weighted by Crippen LogP contribution is 2.39. The molecule has 1 saturated heterocycles. The van der Waals surface area contributed by atoms with E-state index in [1.165, 1.54) is 0 Å². The number of urea groups is 1. The quantitative estimate of drug-likeness (QED) is 0.804. The summed E-state index contributed by atoms with van der Waals surface area (Å²) in [5.74, 6) is -0.701. The molecule has 4 amide bonds. The molecule has 1 spiro atoms. The monoisotopic (exact) mass is 377 g/mol. The molecule has 2 aromatic rings. The summed E-state index contributed by atoms with van der Waals surface area (Å²) in [5, 5.41) is 5.73. The van der Waals surface area contributed by atoms with Crippen molar-refractivity contribution in [2.24, 2.45) is 0 Å². The van der Waals surface area contributed by atoms with Gasteiger partial charge in [-0.2, -0.15) is 0 Å². The number of nitrogens with zero attached hydrogens (tertiary/aromatic N) is 1. The average Bonchev–Trinajstić information content (AvgIpc) is 2.94. The number of imide groups is 1. The predicted molar refractivity (Wildman–Crippen MR) is 104 cm³/mol. The molecule has 0 saturated carbocycles. The molecule has 28 heavy (non-hydrogen) atoms. The first-order valence-corrected chi connectivity index (χ1v) is 9.58. The molecule has 2 N–H and O–H groups in total. The Hall–Kier alpha value is -3.15. The molecule has 6 heteroatoms. The highest BCUT2D eigenvalue weighted by atomic mass is 16.2. The molecule has 2 aliphatic rings. The van der Waals surface area contributed by atoms with Crippen molar-refractivity contribution < 1.29 is 14.4 Å². The van der Waals surface area contributed by atoms with Crippen molar-refractivity contribution in [3.05, 3.63) is 71.3 Å². The van der Waals surface area contributed by atoms with Gasteiger partial charge < -0.3 is 10.6 Å². The SMILES string of the molecule is CC(NC(=O)CN1C(=O)NC2(CCCc3ccccc32)C1=O)c1ccccc1. The first-order valence-electron chi connectivity index (χ1n) is 9.58. The second-order valence-corrected chi connectivity index (χ2v) is 7.44. The zero-order valence-corrected chi connectivity index (χ0v) is 15.8. The molecule has 4 rings (SSSR count). The first kappa shape index (κ1) is 18.2. The lowest BCUT2D eigenvalue weighted by atomic mass is 9.76. The molecule has 0 aromatic heterocycles. The van der Waals surface area contributed by atoms with Gasteiger partial charge in [0.15, 0.2) is 0 Å². The van der Waals surface area contributed by atoms with Crippen LogP contribution in [0.25, 0.3) is 0 Å². The molecule has 144 valence electrons. The van der Waals surface area contributed by atoms with Gasteiger partial charge in [-0.1, -0.05) is 54.6 Å². The Morgan fingerprint density at radius 3 is 2.64 bits per heavy atom. The number of carbonyl (C=O) groups excluding carboxylic acids is 3.